The van der Waals surface area contributed by atoms with E-state index in [0.29, 0.717) is 171 Å². The molecule has 0 saturated heterocycles. The summed E-state index contributed by atoms with van der Waals surface area (Å²) in [7, 11) is 0. The molecule has 0 aromatic carbocycles. The highest BCUT2D eigenvalue weighted by molar-refractivity contribution is 5.84. The van der Waals surface area contributed by atoms with Gasteiger partial charge < -0.3 is 78.7 Å². The summed E-state index contributed by atoms with van der Waals surface area (Å²) in [5.74, 6) is -2.38. The van der Waals surface area contributed by atoms with Gasteiger partial charge in [0.25, 0.3) is 0 Å². The molecule has 0 spiro atoms. The predicted molar refractivity (Wildman–Crippen MR) is 241 cm³/mol. The second-order valence-electron chi connectivity index (χ2n) is 14.9. The fourth-order valence-corrected chi connectivity index (χ4v) is 5.63. The van der Waals surface area contributed by atoms with Crippen LogP contribution in [0.3, 0.4) is 0 Å². The molecule has 0 unspecified atom stereocenters. The van der Waals surface area contributed by atoms with Gasteiger partial charge in [0.05, 0.1) is 132 Å². The number of rotatable bonds is 54. The largest absolute Gasteiger partial charge is 0.481 e. The second-order valence-corrected chi connectivity index (χ2v) is 14.9. The van der Waals surface area contributed by atoms with Crippen molar-refractivity contribution in [2.45, 2.75) is 95.9 Å². The zero-order valence-corrected chi connectivity index (χ0v) is 39.6. The van der Waals surface area contributed by atoms with Crippen molar-refractivity contribution in [1.82, 2.24) is 21.4 Å². The molecule has 0 aliphatic carbocycles. The molecular weight excluding hydrogens is 888 g/mol. The normalized spacial score (nSPS) is 11.7. The second kappa shape index (κ2) is 50.4. The van der Waals surface area contributed by atoms with E-state index >= 15 is 0 Å². The molecule has 23 heteroatoms. The predicted octanol–water partition coefficient (Wildman–Crippen LogP) is 1.68. The molecule has 0 aliphatic rings. The van der Waals surface area contributed by atoms with Crippen molar-refractivity contribution in [3.8, 4) is 0 Å². The van der Waals surface area contributed by atoms with E-state index in [0.717, 1.165) is 32.1 Å². The first-order valence-corrected chi connectivity index (χ1v) is 23.6. The highest BCUT2D eigenvalue weighted by Crippen LogP contribution is 2.11. The number of carbonyl (C=O) groups is 6. The van der Waals surface area contributed by atoms with Crippen LogP contribution in [0.5, 0.6) is 0 Å². The third-order valence-electron chi connectivity index (χ3n) is 9.21. The van der Waals surface area contributed by atoms with Crippen LogP contribution in [0, 0.1) is 0 Å². The number of carboxylic acids is 2. The van der Waals surface area contributed by atoms with Gasteiger partial charge in [-0.3, -0.25) is 19.2 Å². The molecule has 0 aromatic rings. The number of aliphatic carboxylic acids is 2. The number of hydrogen-bond donors (Lipinski definition) is 7. The molecule has 0 aliphatic heterocycles. The summed E-state index contributed by atoms with van der Waals surface area (Å²) in [4.78, 5) is 69.3. The third kappa shape index (κ3) is 50.2. The summed E-state index contributed by atoms with van der Waals surface area (Å²) in [6.45, 7) is 9.45. The quantitative estimate of drug-likeness (QED) is 0.0337. The van der Waals surface area contributed by atoms with Crippen molar-refractivity contribution >= 4 is 35.4 Å². The molecule has 1 atom stereocenters. The molecule has 67 heavy (non-hydrogen) atoms. The number of ketones is 2. The Hall–Kier alpha value is -3.46. The molecule has 0 aromatic heterocycles. The van der Waals surface area contributed by atoms with Gasteiger partial charge in [0.15, 0.2) is 0 Å². The van der Waals surface area contributed by atoms with E-state index in [-0.39, 0.29) is 56.2 Å². The smallest absolute Gasteiger partial charge is 0.326 e. The lowest BCUT2D eigenvalue weighted by molar-refractivity contribution is -0.139. The van der Waals surface area contributed by atoms with Gasteiger partial charge in [-0.2, -0.15) is 5.48 Å². The van der Waals surface area contributed by atoms with Crippen LogP contribution < -0.4 is 21.4 Å². The Morgan fingerprint density at radius 2 is 0.791 bits per heavy atom. The number of unbranched alkanes of at least 4 members (excludes halogenated alkanes) is 5. The number of carboxylic acid groups (broad SMARTS) is 2. The zero-order valence-electron chi connectivity index (χ0n) is 39.6. The van der Waals surface area contributed by atoms with Gasteiger partial charge in [0.1, 0.15) is 17.6 Å². The Labute approximate surface area is 395 Å². The first-order chi connectivity index (χ1) is 32.6. The first kappa shape index (κ1) is 63.5. The highest BCUT2D eigenvalue weighted by Gasteiger charge is 2.21. The molecule has 0 fully saturated rings. The molecule has 392 valence electrons. The molecule has 0 heterocycles. The molecule has 0 radical (unpaired) electrons. The summed E-state index contributed by atoms with van der Waals surface area (Å²) in [6.07, 6.45) is 6.97. The molecule has 0 bridgehead atoms. The van der Waals surface area contributed by atoms with Crippen molar-refractivity contribution in [2.24, 2.45) is 0 Å². The molecule has 0 saturated carbocycles. The lowest BCUT2D eigenvalue weighted by Gasteiger charge is -2.14. The van der Waals surface area contributed by atoms with Gasteiger partial charge in [0.2, 0.25) is 5.91 Å². The van der Waals surface area contributed by atoms with Gasteiger partial charge in [-0.1, -0.05) is 25.7 Å². The van der Waals surface area contributed by atoms with E-state index in [4.69, 9.17) is 57.7 Å². The molecular formula is C44H82N4O19. The van der Waals surface area contributed by atoms with Gasteiger partial charge in [-0.15, -0.1) is 0 Å². The fraction of sp³-hybridized carbons (Fsp3) is 0.864. The summed E-state index contributed by atoms with van der Waals surface area (Å²) < 4.78 is 54.6. The average molecular weight is 971 g/mol. The van der Waals surface area contributed by atoms with Crippen molar-refractivity contribution in [3.63, 3.8) is 0 Å². The number of amides is 3. The number of urea groups is 1. The van der Waals surface area contributed by atoms with Crippen LogP contribution in [0.25, 0.3) is 0 Å². The van der Waals surface area contributed by atoms with E-state index in [1.54, 1.807) is 0 Å². The van der Waals surface area contributed by atoms with Crippen molar-refractivity contribution < 1.29 is 91.6 Å². The highest BCUT2D eigenvalue weighted by atomic mass is 16.6. The van der Waals surface area contributed by atoms with E-state index in [1.807, 2.05) is 5.48 Å². The van der Waals surface area contributed by atoms with Gasteiger partial charge in [0, 0.05) is 51.8 Å². The van der Waals surface area contributed by atoms with Gasteiger partial charge >= 0.3 is 18.0 Å². The number of ether oxygens (including phenoxy) is 10. The van der Waals surface area contributed by atoms with E-state index in [1.165, 1.54) is 0 Å². The molecule has 7 N–H and O–H groups in total. The van der Waals surface area contributed by atoms with Crippen LogP contribution in [-0.4, -0.2) is 209 Å². The van der Waals surface area contributed by atoms with E-state index < -0.39 is 24.0 Å². The Kier molecular flexibility index (Phi) is 47.8. The molecule has 0 rings (SSSR count). The van der Waals surface area contributed by atoms with Crippen molar-refractivity contribution in [2.75, 3.05) is 152 Å². The van der Waals surface area contributed by atoms with Crippen LogP contribution in [0.2, 0.25) is 0 Å². The van der Waals surface area contributed by atoms with Crippen molar-refractivity contribution in [1.29, 1.82) is 0 Å². The third-order valence-corrected chi connectivity index (χ3v) is 9.21. The maximum absolute atomic E-state index is 12.2. The summed E-state index contributed by atoms with van der Waals surface area (Å²) in [5.41, 5.74) is 1.84. The van der Waals surface area contributed by atoms with Gasteiger partial charge in [-0.05, 0) is 32.1 Å². The van der Waals surface area contributed by atoms with Crippen LogP contribution in [0.1, 0.15) is 89.9 Å². The Morgan fingerprint density at radius 3 is 1.22 bits per heavy atom. The Balaban J connectivity index is 3.34. The number of hydrogen-bond acceptors (Lipinski definition) is 18. The maximum Gasteiger partial charge on any atom is 0.326 e. The first-order valence-electron chi connectivity index (χ1n) is 23.6. The lowest BCUT2D eigenvalue weighted by atomic mass is 10.0. The average Bonchev–Trinajstić information content (AvgIpc) is 3.30. The SMILES string of the molecule is O=C(O)CCCNC(=O)N[C@@H](CCC(=O)CCCCCCCCC(=O)NCCOCCOCCOCCOCCOCCOCCOCCOCCOCCOCCCC(=O)CNO)C(=O)O. The standard InChI is InChI=1S/C44H82N4O19/c49-38(13-14-40(43(54)55)48-44(56)46-15-7-12-42(52)53)9-5-3-1-2-4-6-11-41(51)45-16-18-59-20-22-61-24-26-63-28-30-65-32-34-67-36-35-66-33-31-64-29-27-62-25-23-60-21-19-58-17-8-10-39(50)37-47-57/h40,47,57H,1-37H2,(H,45,51)(H,52,53)(H,54,55)(H2,46,48,56)/t40-/m0/s1. The Morgan fingerprint density at radius 1 is 0.388 bits per heavy atom. The van der Waals surface area contributed by atoms with Crippen LogP contribution >= 0.6 is 0 Å². The minimum absolute atomic E-state index is 0.0228. The molecule has 3 amide bonds. The topological polar surface area (TPSA) is 304 Å². The number of carbonyl (C=O) groups excluding carboxylic acids is 4. The van der Waals surface area contributed by atoms with Crippen LogP contribution in [0.15, 0.2) is 0 Å². The van der Waals surface area contributed by atoms with Gasteiger partial charge in [-0.25, -0.2) is 9.59 Å². The fourth-order valence-electron chi connectivity index (χ4n) is 5.63. The Bertz CT molecular complexity index is 1220. The minimum Gasteiger partial charge on any atom is -0.481 e. The van der Waals surface area contributed by atoms with Crippen LogP contribution in [0.4, 0.5) is 4.79 Å². The molecule has 23 nitrogen and oxygen atoms in total. The zero-order chi connectivity index (χ0) is 49.1. The monoisotopic (exact) mass is 971 g/mol. The van der Waals surface area contributed by atoms with Crippen LogP contribution in [-0.2, 0) is 71.3 Å². The number of Topliss-reactive ketones (excluding diaryl/α,β-unsaturated/α-hetero) is 2. The maximum atomic E-state index is 12.2. The summed E-state index contributed by atoms with van der Waals surface area (Å²) in [5, 5.41) is 34.0. The van der Waals surface area contributed by atoms with Crippen molar-refractivity contribution in [3.05, 3.63) is 0 Å². The number of hydroxylamine groups is 1. The van der Waals surface area contributed by atoms with E-state index in [9.17, 15) is 33.9 Å². The minimum atomic E-state index is -1.24. The summed E-state index contributed by atoms with van der Waals surface area (Å²) >= 11 is 0. The summed E-state index contributed by atoms with van der Waals surface area (Å²) in [6, 6.07) is -1.93. The number of nitrogens with one attached hydrogen (secondary N) is 4. The van der Waals surface area contributed by atoms with E-state index in [2.05, 4.69) is 16.0 Å². The lowest BCUT2D eigenvalue weighted by Crippen LogP contribution is -2.46.